The van der Waals surface area contributed by atoms with E-state index in [0.29, 0.717) is 28.0 Å². The Morgan fingerprint density at radius 1 is 1.19 bits per heavy atom. The van der Waals surface area contributed by atoms with E-state index in [1.54, 1.807) is 18.2 Å². The third-order valence-electron chi connectivity index (χ3n) is 4.05. The number of hydrogen-bond donors (Lipinski definition) is 1. The first kappa shape index (κ1) is 16.9. The maximum atomic E-state index is 12.6. The van der Waals surface area contributed by atoms with Crippen molar-refractivity contribution in [3.63, 3.8) is 0 Å². The highest BCUT2D eigenvalue weighted by atomic mass is 32.1. The summed E-state index contributed by atoms with van der Waals surface area (Å²) in [4.78, 5) is 23.0. The van der Waals surface area contributed by atoms with Crippen molar-refractivity contribution in [2.45, 2.75) is 6.92 Å². The average Bonchev–Trinajstić information content (AvgIpc) is 3.33. The maximum absolute atomic E-state index is 12.6. The summed E-state index contributed by atoms with van der Waals surface area (Å²) in [6.45, 7) is 1.87. The van der Waals surface area contributed by atoms with E-state index in [0.717, 1.165) is 17.3 Å². The van der Waals surface area contributed by atoms with Crippen LogP contribution >= 0.6 is 11.7 Å². The second-order valence-electron chi connectivity index (χ2n) is 5.81. The molecular weight excluding hydrogens is 368 g/mol. The van der Waals surface area contributed by atoms with Crippen LogP contribution in [-0.4, -0.2) is 19.6 Å². The molecule has 4 rings (SSSR count). The number of aromatic nitrogens is 2. The predicted octanol–water partition coefficient (Wildman–Crippen LogP) is 4.42. The number of nitro groups is 1. The second-order valence-corrected chi connectivity index (χ2v) is 6.34. The number of hydrogen-bond acceptors (Lipinski definition) is 7. The number of nitrogens with zero attached hydrogens (tertiary/aromatic N) is 3. The van der Waals surface area contributed by atoms with E-state index >= 15 is 0 Å². The number of aryl methyl sites for hydroxylation is 1. The molecule has 2 aromatic carbocycles. The molecule has 0 saturated carbocycles. The largest absolute Gasteiger partial charge is 0.451 e. The van der Waals surface area contributed by atoms with Crippen molar-refractivity contribution >= 4 is 40.0 Å². The third kappa shape index (κ3) is 3.15. The van der Waals surface area contributed by atoms with Crippen LogP contribution in [0.15, 0.2) is 52.9 Å². The molecule has 0 aliphatic heterocycles. The Morgan fingerprint density at radius 3 is 2.85 bits per heavy atom. The number of amides is 1. The van der Waals surface area contributed by atoms with Crippen LogP contribution in [0.3, 0.4) is 0 Å². The fourth-order valence-corrected chi connectivity index (χ4v) is 3.22. The molecule has 27 heavy (non-hydrogen) atoms. The quantitative estimate of drug-likeness (QED) is 0.414. The zero-order valence-corrected chi connectivity index (χ0v) is 14.8. The average molecular weight is 380 g/mol. The van der Waals surface area contributed by atoms with E-state index in [1.807, 2.05) is 19.1 Å². The highest BCUT2D eigenvalue weighted by molar-refractivity contribution is 7.00. The van der Waals surface area contributed by atoms with E-state index in [4.69, 9.17) is 4.42 Å². The Balaban J connectivity index is 1.62. The molecule has 1 N–H and O–H groups in total. The molecule has 0 atom stereocenters. The Bertz CT molecular complexity index is 1180. The zero-order valence-electron chi connectivity index (χ0n) is 14.0. The fourth-order valence-electron chi connectivity index (χ4n) is 2.67. The standard InChI is InChI=1S/C18H12N4O4S/c1-10-5-6-13-17(21-27-20-13)16(10)19-18(23)15-8-7-14(26-15)11-3-2-4-12(9-11)22(24)25/h2-9H,1H3,(H,19,23). The van der Waals surface area contributed by atoms with Crippen molar-refractivity contribution in [2.75, 3.05) is 5.32 Å². The predicted molar refractivity (Wildman–Crippen MR) is 101 cm³/mol. The summed E-state index contributed by atoms with van der Waals surface area (Å²) in [5.74, 6) is 0.0282. The highest BCUT2D eigenvalue weighted by Crippen LogP contribution is 2.28. The number of fused-ring (bicyclic) bond motifs is 1. The summed E-state index contributed by atoms with van der Waals surface area (Å²) < 4.78 is 14.0. The molecule has 0 unspecified atom stereocenters. The first-order valence-electron chi connectivity index (χ1n) is 7.91. The maximum Gasteiger partial charge on any atom is 0.291 e. The van der Waals surface area contributed by atoms with Crippen LogP contribution in [0.1, 0.15) is 16.1 Å². The van der Waals surface area contributed by atoms with Gasteiger partial charge in [0.2, 0.25) is 0 Å². The summed E-state index contributed by atoms with van der Waals surface area (Å²) in [7, 11) is 0. The van der Waals surface area contributed by atoms with E-state index in [9.17, 15) is 14.9 Å². The first-order valence-corrected chi connectivity index (χ1v) is 8.64. The minimum Gasteiger partial charge on any atom is -0.451 e. The van der Waals surface area contributed by atoms with Crippen molar-refractivity contribution in [1.82, 2.24) is 8.75 Å². The molecule has 0 radical (unpaired) electrons. The van der Waals surface area contributed by atoms with E-state index < -0.39 is 10.8 Å². The molecule has 0 bridgehead atoms. The van der Waals surface area contributed by atoms with Crippen LogP contribution in [-0.2, 0) is 0 Å². The van der Waals surface area contributed by atoms with Gasteiger partial charge in [-0.2, -0.15) is 8.75 Å². The lowest BCUT2D eigenvalue weighted by atomic mass is 10.1. The smallest absolute Gasteiger partial charge is 0.291 e. The molecule has 4 aromatic rings. The number of nitrogens with one attached hydrogen (secondary N) is 1. The lowest BCUT2D eigenvalue weighted by molar-refractivity contribution is -0.384. The minimum absolute atomic E-state index is 0.0479. The van der Waals surface area contributed by atoms with Gasteiger partial charge >= 0.3 is 0 Å². The van der Waals surface area contributed by atoms with Gasteiger partial charge in [0.05, 0.1) is 22.3 Å². The van der Waals surface area contributed by atoms with Gasteiger partial charge in [-0.05, 0) is 30.7 Å². The summed E-state index contributed by atoms with van der Waals surface area (Å²) in [6.07, 6.45) is 0. The van der Waals surface area contributed by atoms with Gasteiger partial charge in [-0.25, -0.2) is 0 Å². The van der Waals surface area contributed by atoms with Crippen molar-refractivity contribution in [3.05, 3.63) is 70.0 Å². The fraction of sp³-hybridized carbons (Fsp3) is 0.0556. The molecule has 2 heterocycles. The van der Waals surface area contributed by atoms with Crippen LogP contribution in [0.2, 0.25) is 0 Å². The van der Waals surface area contributed by atoms with Crippen molar-refractivity contribution in [1.29, 1.82) is 0 Å². The van der Waals surface area contributed by atoms with E-state index in [2.05, 4.69) is 14.1 Å². The zero-order chi connectivity index (χ0) is 19.0. The molecule has 8 nitrogen and oxygen atoms in total. The van der Waals surface area contributed by atoms with Crippen LogP contribution in [0.25, 0.3) is 22.4 Å². The number of carbonyl (C=O) groups excluding carboxylic acids is 1. The van der Waals surface area contributed by atoms with Crippen LogP contribution in [0, 0.1) is 17.0 Å². The Kier molecular flexibility index (Phi) is 4.13. The van der Waals surface area contributed by atoms with Crippen molar-refractivity contribution < 1.29 is 14.1 Å². The summed E-state index contributed by atoms with van der Waals surface area (Å²) in [5.41, 5.74) is 3.24. The molecule has 134 valence electrons. The molecule has 0 aliphatic carbocycles. The van der Waals surface area contributed by atoms with Gasteiger partial charge in [-0.15, -0.1) is 0 Å². The normalized spacial score (nSPS) is 10.9. The highest BCUT2D eigenvalue weighted by Gasteiger charge is 2.17. The van der Waals surface area contributed by atoms with Crippen LogP contribution in [0.5, 0.6) is 0 Å². The van der Waals surface area contributed by atoms with E-state index in [-0.39, 0.29) is 11.4 Å². The number of benzene rings is 2. The Morgan fingerprint density at radius 2 is 2.04 bits per heavy atom. The monoisotopic (exact) mass is 380 g/mol. The molecule has 0 fully saturated rings. The molecule has 0 aliphatic rings. The number of non-ortho nitro benzene ring substituents is 1. The Labute approximate surface area is 156 Å². The lowest BCUT2D eigenvalue weighted by Gasteiger charge is -2.07. The summed E-state index contributed by atoms with van der Waals surface area (Å²) in [6, 6.07) is 12.9. The second kappa shape index (κ2) is 6.61. The molecule has 0 saturated heterocycles. The lowest BCUT2D eigenvalue weighted by Crippen LogP contribution is -2.12. The first-order chi connectivity index (χ1) is 13.0. The number of rotatable bonds is 4. The van der Waals surface area contributed by atoms with Gasteiger partial charge in [0.15, 0.2) is 5.76 Å². The summed E-state index contributed by atoms with van der Waals surface area (Å²) in [5, 5.41) is 13.7. The number of nitro benzene ring substituents is 1. The van der Waals surface area contributed by atoms with Gasteiger partial charge in [-0.1, -0.05) is 18.2 Å². The van der Waals surface area contributed by atoms with Crippen LogP contribution < -0.4 is 5.32 Å². The topological polar surface area (TPSA) is 111 Å². The molecule has 9 heteroatoms. The number of carbonyl (C=O) groups is 1. The molecule has 0 spiro atoms. The van der Waals surface area contributed by atoms with Gasteiger partial charge in [0.1, 0.15) is 16.8 Å². The molecule has 1 amide bonds. The number of furan rings is 1. The van der Waals surface area contributed by atoms with E-state index in [1.165, 1.54) is 18.2 Å². The minimum atomic E-state index is -0.481. The van der Waals surface area contributed by atoms with Gasteiger partial charge in [0, 0.05) is 17.7 Å². The van der Waals surface area contributed by atoms with Gasteiger partial charge < -0.3 is 9.73 Å². The van der Waals surface area contributed by atoms with Crippen molar-refractivity contribution in [3.8, 4) is 11.3 Å². The third-order valence-corrected chi connectivity index (χ3v) is 4.59. The number of anilines is 1. The van der Waals surface area contributed by atoms with Gasteiger partial charge in [0.25, 0.3) is 11.6 Å². The van der Waals surface area contributed by atoms with Crippen molar-refractivity contribution in [2.24, 2.45) is 0 Å². The SMILES string of the molecule is Cc1ccc2nsnc2c1NC(=O)c1ccc(-c2cccc([N+](=O)[O-])c2)o1. The summed E-state index contributed by atoms with van der Waals surface area (Å²) >= 11 is 1.07. The molecule has 2 aromatic heterocycles. The molecular formula is C18H12N4O4S. The van der Waals surface area contributed by atoms with Crippen LogP contribution in [0.4, 0.5) is 11.4 Å². The van der Waals surface area contributed by atoms with Gasteiger partial charge in [-0.3, -0.25) is 14.9 Å². The Hall–Kier alpha value is -3.59.